The number of ether oxygens (including phenoxy) is 2. The average molecular weight is 777 g/mol. The summed E-state index contributed by atoms with van der Waals surface area (Å²) in [7, 11) is 0. The molecule has 0 atom stereocenters. The molecule has 228 valence electrons. The number of pyridine rings is 1. The first-order valence-electron chi connectivity index (χ1n) is 16.6. The van der Waals surface area contributed by atoms with Gasteiger partial charge in [-0.15, -0.1) is 0 Å². The Morgan fingerprint density at radius 2 is 1.64 bits per heavy atom. The van der Waals surface area contributed by atoms with Crippen LogP contribution in [0.15, 0.2) is 97.2 Å². The van der Waals surface area contributed by atoms with Crippen molar-refractivity contribution in [3.63, 3.8) is 0 Å². The summed E-state index contributed by atoms with van der Waals surface area (Å²) in [6.45, 7) is 5.03. The Labute approximate surface area is 277 Å². The molecule has 0 radical (unpaired) electrons. The number of aryl methyl sites for hydroxylation is 2. The van der Waals surface area contributed by atoms with Crippen molar-refractivity contribution in [2.24, 2.45) is 6.98 Å². The summed E-state index contributed by atoms with van der Waals surface area (Å²) >= 11 is 2.09. The summed E-state index contributed by atoms with van der Waals surface area (Å²) in [4.78, 5) is 4.85. The Morgan fingerprint density at radius 3 is 2.49 bits per heavy atom. The Kier molecular flexibility index (Phi) is 5.85. The summed E-state index contributed by atoms with van der Waals surface area (Å²) in [6, 6.07) is 30.2. The molecule has 0 unspecified atom stereocenters. The Bertz CT molecular complexity index is 2450. The maximum atomic E-state index is 8.18. The number of imidazole rings is 1. The van der Waals surface area contributed by atoms with Gasteiger partial charge >= 0.3 is 198 Å². The van der Waals surface area contributed by atoms with E-state index in [1.54, 1.807) is 0 Å². The molecular weight excluding hydrogens is 740 g/mol. The zero-order chi connectivity index (χ0) is 33.4. The number of nitrogens with zero attached hydrogens (tertiary/aromatic N) is 4. The molecule has 3 aromatic heterocycles. The number of aromatic nitrogens is 4. The molecule has 0 spiro atoms. The number of para-hydroxylation sites is 2. The van der Waals surface area contributed by atoms with Crippen LogP contribution in [0.2, 0.25) is 0 Å². The average Bonchev–Trinajstić information content (AvgIpc) is 3.53. The van der Waals surface area contributed by atoms with E-state index in [4.69, 9.17) is 18.6 Å². The van der Waals surface area contributed by atoms with Gasteiger partial charge in [0.1, 0.15) is 5.75 Å². The minimum atomic E-state index is -2.32. The molecule has 8 rings (SSSR count). The van der Waals surface area contributed by atoms with Crippen LogP contribution in [0.1, 0.15) is 42.4 Å². The fourth-order valence-corrected chi connectivity index (χ4v) is 7.19. The topological polar surface area (TPSA) is 46.1 Å². The van der Waals surface area contributed by atoms with E-state index in [0.717, 1.165) is 64.0 Å². The summed E-state index contributed by atoms with van der Waals surface area (Å²) in [5.74, 6) is 3.10. The molecule has 0 N–H and O–H groups in total. The number of hydrogen-bond donors (Lipinski definition) is 0. The zero-order valence-electron chi connectivity index (χ0n) is 28.3. The fourth-order valence-electron chi connectivity index (χ4n) is 6.35. The molecular formula is C38H34N4O2Pt. The molecule has 4 heterocycles. The van der Waals surface area contributed by atoms with Crippen LogP contribution in [-0.2, 0) is 38.2 Å². The van der Waals surface area contributed by atoms with Gasteiger partial charge in [-0.25, -0.2) is 0 Å². The van der Waals surface area contributed by atoms with Crippen molar-refractivity contribution >= 4 is 32.8 Å². The van der Waals surface area contributed by atoms with Crippen LogP contribution < -0.4 is 9.47 Å². The van der Waals surface area contributed by atoms with Crippen LogP contribution >= 0.6 is 0 Å². The second-order valence-electron chi connectivity index (χ2n) is 12.6. The van der Waals surface area contributed by atoms with Gasteiger partial charge in [0.2, 0.25) is 0 Å². The maximum absolute atomic E-state index is 8.18. The third-order valence-corrected chi connectivity index (χ3v) is 9.64. The van der Waals surface area contributed by atoms with Crippen LogP contribution in [0, 0.1) is 3.80 Å². The van der Waals surface area contributed by atoms with Gasteiger partial charge in [-0.2, -0.15) is 0 Å². The van der Waals surface area contributed by atoms with Crippen molar-refractivity contribution in [3.05, 3.63) is 112 Å². The van der Waals surface area contributed by atoms with Crippen molar-refractivity contribution in [2.75, 3.05) is 6.61 Å². The van der Waals surface area contributed by atoms with Gasteiger partial charge in [0.15, 0.2) is 0 Å². The van der Waals surface area contributed by atoms with Gasteiger partial charge in [0.25, 0.3) is 0 Å². The number of hydrogen-bond acceptors (Lipinski definition) is 3. The summed E-state index contributed by atoms with van der Waals surface area (Å²) < 4.78 is 43.3. The van der Waals surface area contributed by atoms with E-state index in [9.17, 15) is 0 Å². The van der Waals surface area contributed by atoms with Crippen molar-refractivity contribution < 1.29 is 32.9 Å². The van der Waals surface area contributed by atoms with Gasteiger partial charge in [-0.1, -0.05) is 20.8 Å². The quantitative estimate of drug-likeness (QED) is 0.180. The predicted octanol–water partition coefficient (Wildman–Crippen LogP) is 8.95. The first kappa shape index (κ1) is 24.9. The molecule has 0 saturated heterocycles. The number of fused-ring (bicyclic) bond motifs is 5. The van der Waals surface area contributed by atoms with E-state index in [2.05, 4.69) is 81.1 Å². The molecule has 4 aromatic carbocycles. The van der Waals surface area contributed by atoms with Crippen molar-refractivity contribution in [3.8, 4) is 28.8 Å². The third kappa shape index (κ3) is 4.74. The Morgan fingerprint density at radius 1 is 0.822 bits per heavy atom. The van der Waals surface area contributed by atoms with Crippen molar-refractivity contribution in [1.29, 1.82) is 0 Å². The monoisotopic (exact) mass is 776 g/mol. The zero-order valence-corrected chi connectivity index (χ0v) is 27.6. The van der Waals surface area contributed by atoms with Gasteiger partial charge in [0.05, 0.1) is 6.61 Å². The van der Waals surface area contributed by atoms with E-state index >= 15 is 0 Å². The molecule has 7 heteroatoms. The first-order chi connectivity index (χ1) is 23.0. The van der Waals surface area contributed by atoms with E-state index in [1.807, 2.05) is 65.4 Å². The summed E-state index contributed by atoms with van der Waals surface area (Å²) in [5.41, 5.74) is 6.68. The molecule has 45 heavy (non-hydrogen) atoms. The number of benzene rings is 4. The Hall–Kier alpha value is -4.41. The normalized spacial score (nSPS) is 14.6. The summed E-state index contributed by atoms with van der Waals surface area (Å²) in [6.07, 6.45) is 3.89. The molecule has 0 aliphatic carbocycles. The number of rotatable bonds is 4. The molecule has 1 aliphatic rings. The molecule has 0 saturated carbocycles. The summed E-state index contributed by atoms with van der Waals surface area (Å²) in [5, 5.41) is 2.27. The van der Waals surface area contributed by atoms with Crippen molar-refractivity contribution in [1.82, 2.24) is 18.7 Å². The molecule has 1 aliphatic heterocycles. The molecule has 7 aromatic rings. The van der Waals surface area contributed by atoms with Crippen LogP contribution in [0.5, 0.6) is 17.2 Å². The van der Waals surface area contributed by atoms with Crippen LogP contribution in [0.25, 0.3) is 44.3 Å². The van der Waals surface area contributed by atoms with E-state index < -0.39 is 6.98 Å². The van der Waals surface area contributed by atoms with Gasteiger partial charge < -0.3 is 4.74 Å². The second kappa shape index (κ2) is 10.6. The van der Waals surface area contributed by atoms with Crippen LogP contribution in [0.3, 0.4) is 0 Å². The third-order valence-electron chi connectivity index (χ3n) is 8.63. The van der Waals surface area contributed by atoms with Crippen LogP contribution in [-0.4, -0.2) is 25.3 Å². The Balaban J connectivity index is 1.26. The molecule has 6 nitrogen and oxygen atoms in total. The van der Waals surface area contributed by atoms with Crippen LogP contribution in [0.4, 0.5) is 0 Å². The van der Waals surface area contributed by atoms with Crippen molar-refractivity contribution in [2.45, 2.75) is 39.0 Å². The SMILES string of the molecule is [2H]C([2H])([2H])n1[c](=[Pt])n(-c2cccc(Oc3ccc4c5cc6c(cc5n(-c5cc(C(C)(C)C)ccn5)c4c3)OCCC6)c2)c2ccccc21. The first-order valence-corrected chi connectivity index (χ1v) is 16.3. The van der Waals surface area contributed by atoms with Gasteiger partial charge in [-0.05, 0) is 35.4 Å². The van der Waals surface area contributed by atoms with E-state index in [0.29, 0.717) is 20.8 Å². The van der Waals surface area contributed by atoms with Gasteiger partial charge in [0, 0.05) is 6.20 Å². The standard InChI is InChI=1S/C38H34N4O2.Pt/c1-38(2,3)26-16-17-39-37(20-26)42-34-22-29(14-15-30(34)31-19-25-9-8-18-43-36(25)23-35(31)42)44-28-11-7-10-27(21-28)41-24-40(4)32-12-5-6-13-33(32)41;/h5-7,10-17,19-23H,8-9,18H2,1-4H3;/i4D3;. The second-order valence-corrected chi connectivity index (χ2v) is 13.6. The van der Waals surface area contributed by atoms with E-state index in [-0.39, 0.29) is 5.41 Å². The molecule has 0 amide bonds. The molecule has 0 bridgehead atoms. The van der Waals surface area contributed by atoms with E-state index in [1.165, 1.54) is 15.7 Å². The fraction of sp³-hybridized carbons (Fsp3) is 0.211. The predicted molar refractivity (Wildman–Crippen MR) is 177 cm³/mol. The minimum absolute atomic E-state index is 0.0380. The molecule has 0 fully saturated rings. The van der Waals surface area contributed by atoms with Gasteiger partial charge in [-0.3, -0.25) is 0 Å².